The summed E-state index contributed by atoms with van der Waals surface area (Å²) in [4.78, 5) is 10.6. The molecule has 1 N–H and O–H groups in total. The van der Waals surface area contributed by atoms with E-state index in [1.165, 1.54) is 18.5 Å². The largest absolute Gasteiger partial charge is 0.363 e. The molecule has 0 atom stereocenters. The standard InChI is InChI=1S/C12H20N4/c1-16(2)12-8-11(14-9-15-12)7-10-3-5-13-6-4-10/h8-10,13H,3-7H2,1-2H3. The van der Waals surface area contributed by atoms with Gasteiger partial charge in [0, 0.05) is 25.9 Å². The average Bonchev–Trinajstić information content (AvgIpc) is 2.30. The van der Waals surface area contributed by atoms with E-state index in [2.05, 4.69) is 21.4 Å². The Morgan fingerprint density at radius 3 is 2.75 bits per heavy atom. The Morgan fingerprint density at radius 2 is 2.06 bits per heavy atom. The highest BCUT2D eigenvalue weighted by molar-refractivity contribution is 5.36. The van der Waals surface area contributed by atoms with E-state index in [0.29, 0.717) is 0 Å². The number of nitrogens with one attached hydrogen (secondary N) is 1. The molecular weight excluding hydrogens is 200 g/mol. The zero-order valence-electron chi connectivity index (χ0n) is 10.1. The second kappa shape index (κ2) is 5.25. The lowest BCUT2D eigenvalue weighted by Gasteiger charge is -2.22. The summed E-state index contributed by atoms with van der Waals surface area (Å²) in [6.07, 6.45) is 5.29. The summed E-state index contributed by atoms with van der Waals surface area (Å²) in [7, 11) is 4.02. The van der Waals surface area contributed by atoms with Gasteiger partial charge in [-0.25, -0.2) is 9.97 Å². The minimum absolute atomic E-state index is 0.783. The van der Waals surface area contributed by atoms with Crippen LogP contribution in [0, 0.1) is 5.92 Å². The van der Waals surface area contributed by atoms with Gasteiger partial charge in [0.15, 0.2) is 0 Å². The Morgan fingerprint density at radius 1 is 1.31 bits per heavy atom. The van der Waals surface area contributed by atoms with Crippen LogP contribution in [0.3, 0.4) is 0 Å². The van der Waals surface area contributed by atoms with Crippen molar-refractivity contribution in [3.63, 3.8) is 0 Å². The lowest BCUT2D eigenvalue weighted by molar-refractivity contribution is 0.370. The highest BCUT2D eigenvalue weighted by Gasteiger charge is 2.14. The third kappa shape index (κ3) is 2.92. The topological polar surface area (TPSA) is 41.0 Å². The maximum Gasteiger partial charge on any atom is 0.131 e. The van der Waals surface area contributed by atoms with E-state index in [-0.39, 0.29) is 0 Å². The molecule has 16 heavy (non-hydrogen) atoms. The molecule has 1 aromatic rings. The maximum absolute atomic E-state index is 4.36. The molecule has 1 aliphatic rings. The van der Waals surface area contributed by atoms with Crippen molar-refractivity contribution in [2.75, 3.05) is 32.1 Å². The van der Waals surface area contributed by atoms with Crippen molar-refractivity contribution < 1.29 is 0 Å². The zero-order valence-corrected chi connectivity index (χ0v) is 10.1. The maximum atomic E-state index is 4.36. The molecule has 0 aromatic carbocycles. The molecule has 1 saturated heterocycles. The lowest BCUT2D eigenvalue weighted by atomic mass is 9.93. The van der Waals surface area contributed by atoms with Gasteiger partial charge < -0.3 is 10.2 Å². The van der Waals surface area contributed by atoms with Crippen LogP contribution >= 0.6 is 0 Å². The second-order valence-corrected chi connectivity index (χ2v) is 4.66. The lowest BCUT2D eigenvalue weighted by Crippen LogP contribution is -2.28. The van der Waals surface area contributed by atoms with Gasteiger partial charge in [0.25, 0.3) is 0 Å². The molecule has 2 rings (SSSR count). The third-order valence-corrected chi connectivity index (χ3v) is 3.12. The number of aromatic nitrogens is 2. The minimum atomic E-state index is 0.783. The minimum Gasteiger partial charge on any atom is -0.363 e. The molecule has 0 unspecified atom stereocenters. The van der Waals surface area contributed by atoms with Crippen LogP contribution in [0.15, 0.2) is 12.4 Å². The molecule has 4 nitrogen and oxygen atoms in total. The van der Waals surface area contributed by atoms with Gasteiger partial charge in [-0.05, 0) is 38.3 Å². The molecule has 4 heteroatoms. The number of hydrogen-bond donors (Lipinski definition) is 1. The second-order valence-electron chi connectivity index (χ2n) is 4.66. The smallest absolute Gasteiger partial charge is 0.131 e. The number of piperidine rings is 1. The van der Waals surface area contributed by atoms with Gasteiger partial charge in [0.05, 0.1) is 0 Å². The first-order valence-electron chi connectivity index (χ1n) is 5.94. The van der Waals surface area contributed by atoms with Gasteiger partial charge in [-0.15, -0.1) is 0 Å². The van der Waals surface area contributed by atoms with Crippen LogP contribution in [0.25, 0.3) is 0 Å². The van der Waals surface area contributed by atoms with Crippen LogP contribution in [0.5, 0.6) is 0 Å². The molecule has 0 spiro atoms. The van der Waals surface area contributed by atoms with E-state index in [1.807, 2.05) is 19.0 Å². The SMILES string of the molecule is CN(C)c1cc(CC2CCNCC2)ncn1. The number of anilines is 1. The molecule has 1 aromatic heterocycles. The van der Waals surface area contributed by atoms with Crippen molar-refractivity contribution in [2.24, 2.45) is 5.92 Å². The van der Waals surface area contributed by atoms with E-state index in [9.17, 15) is 0 Å². The van der Waals surface area contributed by atoms with E-state index in [1.54, 1.807) is 6.33 Å². The Balaban J connectivity index is 2.00. The highest BCUT2D eigenvalue weighted by Crippen LogP contribution is 2.18. The quantitative estimate of drug-likeness (QED) is 0.827. The van der Waals surface area contributed by atoms with Crippen LogP contribution < -0.4 is 10.2 Å². The number of nitrogens with zero attached hydrogens (tertiary/aromatic N) is 3. The van der Waals surface area contributed by atoms with Gasteiger partial charge in [0.1, 0.15) is 12.1 Å². The van der Waals surface area contributed by atoms with Gasteiger partial charge >= 0.3 is 0 Å². The van der Waals surface area contributed by atoms with Crippen molar-refractivity contribution >= 4 is 5.82 Å². The monoisotopic (exact) mass is 220 g/mol. The van der Waals surface area contributed by atoms with E-state index >= 15 is 0 Å². The molecule has 0 bridgehead atoms. The summed E-state index contributed by atoms with van der Waals surface area (Å²) in [5.74, 6) is 1.78. The van der Waals surface area contributed by atoms with Gasteiger partial charge in [-0.2, -0.15) is 0 Å². The summed E-state index contributed by atoms with van der Waals surface area (Å²) >= 11 is 0. The number of hydrogen-bond acceptors (Lipinski definition) is 4. The van der Waals surface area contributed by atoms with Gasteiger partial charge in [-0.3, -0.25) is 0 Å². The fourth-order valence-electron chi connectivity index (χ4n) is 2.12. The predicted octanol–water partition coefficient (Wildman–Crippen LogP) is 1.08. The van der Waals surface area contributed by atoms with Gasteiger partial charge in [0.2, 0.25) is 0 Å². The van der Waals surface area contributed by atoms with Crippen LogP contribution in [0.1, 0.15) is 18.5 Å². The van der Waals surface area contributed by atoms with Crippen molar-refractivity contribution in [1.82, 2.24) is 15.3 Å². The average molecular weight is 220 g/mol. The molecule has 0 radical (unpaired) electrons. The van der Waals surface area contributed by atoms with Crippen LogP contribution in [-0.4, -0.2) is 37.2 Å². The van der Waals surface area contributed by atoms with Crippen LogP contribution in [-0.2, 0) is 6.42 Å². The van der Waals surface area contributed by atoms with Crippen molar-refractivity contribution in [3.05, 3.63) is 18.1 Å². The molecule has 2 heterocycles. The van der Waals surface area contributed by atoms with E-state index in [0.717, 1.165) is 31.2 Å². The fraction of sp³-hybridized carbons (Fsp3) is 0.667. The first kappa shape index (κ1) is 11.3. The molecule has 0 saturated carbocycles. The Labute approximate surface area is 97.1 Å². The number of rotatable bonds is 3. The summed E-state index contributed by atoms with van der Waals surface area (Å²) in [5, 5.41) is 3.39. The molecule has 1 fully saturated rings. The highest BCUT2D eigenvalue weighted by atomic mass is 15.1. The van der Waals surface area contributed by atoms with Crippen molar-refractivity contribution in [1.29, 1.82) is 0 Å². The predicted molar refractivity (Wildman–Crippen MR) is 65.7 cm³/mol. The molecule has 0 aliphatic carbocycles. The van der Waals surface area contributed by atoms with Crippen molar-refractivity contribution in [2.45, 2.75) is 19.3 Å². The van der Waals surface area contributed by atoms with E-state index < -0.39 is 0 Å². The van der Waals surface area contributed by atoms with Crippen LogP contribution in [0.2, 0.25) is 0 Å². The first-order chi connectivity index (χ1) is 7.75. The first-order valence-corrected chi connectivity index (χ1v) is 5.94. The fourth-order valence-corrected chi connectivity index (χ4v) is 2.12. The Bertz CT molecular complexity index is 332. The molecular formula is C12H20N4. The Kier molecular flexibility index (Phi) is 3.72. The Hall–Kier alpha value is -1.16. The summed E-state index contributed by atoms with van der Waals surface area (Å²) < 4.78 is 0. The molecule has 0 amide bonds. The van der Waals surface area contributed by atoms with Crippen LogP contribution in [0.4, 0.5) is 5.82 Å². The summed E-state index contributed by atoms with van der Waals surface area (Å²) in [5.41, 5.74) is 1.17. The molecule has 88 valence electrons. The third-order valence-electron chi connectivity index (χ3n) is 3.12. The summed E-state index contributed by atoms with van der Waals surface area (Å²) in [6.45, 7) is 2.30. The van der Waals surface area contributed by atoms with E-state index in [4.69, 9.17) is 0 Å². The molecule has 1 aliphatic heterocycles. The van der Waals surface area contributed by atoms with Crippen molar-refractivity contribution in [3.8, 4) is 0 Å². The summed E-state index contributed by atoms with van der Waals surface area (Å²) in [6, 6.07) is 2.10. The normalized spacial score (nSPS) is 17.4. The zero-order chi connectivity index (χ0) is 11.4. The van der Waals surface area contributed by atoms with Gasteiger partial charge in [-0.1, -0.05) is 0 Å².